The highest BCUT2D eigenvalue weighted by molar-refractivity contribution is 6.30. The van der Waals surface area contributed by atoms with Gasteiger partial charge < -0.3 is 10.1 Å². The van der Waals surface area contributed by atoms with Gasteiger partial charge in [-0.05, 0) is 25.8 Å². The van der Waals surface area contributed by atoms with E-state index in [0.29, 0.717) is 23.7 Å². The van der Waals surface area contributed by atoms with Crippen LogP contribution in [0.4, 0.5) is 0 Å². The van der Waals surface area contributed by atoms with Crippen molar-refractivity contribution in [3.8, 4) is 11.9 Å². The first-order chi connectivity index (χ1) is 9.46. The molecule has 108 valence electrons. The van der Waals surface area contributed by atoms with Gasteiger partial charge in [0.1, 0.15) is 5.54 Å². The van der Waals surface area contributed by atoms with Crippen LogP contribution in [-0.4, -0.2) is 22.5 Å². The Bertz CT molecular complexity index is 492. The highest BCUT2D eigenvalue weighted by Crippen LogP contribution is 2.16. The second kappa shape index (κ2) is 7.11. The summed E-state index contributed by atoms with van der Waals surface area (Å²) in [5, 5.41) is 12.4. The van der Waals surface area contributed by atoms with Gasteiger partial charge in [0.25, 0.3) is 5.91 Å². The van der Waals surface area contributed by atoms with Crippen LogP contribution in [-0.2, 0) is 4.79 Å². The lowest BCUT2D eigenvalue weighted by molar-refractivity contribution is -0.128. The standard InChI is InChI=1S/C14H18ClN3O2/c1-4-14(5-2,9-16)18-13(19)10(3)20-12-7-6-11(15)8-17-12/h6-8,10H,4-5H2,1-3H3,(H,18,19). The number of nitrogens with zero attached hydrogens (tertiary/aromatic N) is 2. The smallest absolute Gasteiger partial charge is 0.262 e. The molecule has 0 saturated heterocycles. The van der Waals surface area contributed by atoms with Crippen LogP contribution in [0.3, 0.4) is 0 Å². The molecule has 0 radical (unpaired) electrons. The van der Waals surface area contributed by atoms with E-state index in [1.165, 1.54) is 6.20 Å². The number of rotatable bonds is 6. The molecule has 0 aliphatic rings. The van der Waals surface area contributed by atoms with Gasteiger partial charge in [0, 0.05) is 12.3 Å². The van der Waals surface area contributed by atoms with Crippen molar-refractivity contribution in [2.45, 2.75) is 45.3 Å². The van der Waals surface area contributed by atoms with Gasteiger partial charge in [0.05, 0.1) is 11.1 Å². The molecule has 0 saturated carbocycles. The summed E-state index contributed by atoms with van der Waals surface area (Å²) in [5.41, 5.74) is -0.845. The molecular weight excluding hydrogens is 278 g/mol. The van der Waals surface area contributed by atoms with Crippen LogP contribution in [0.25, 0.3) is 0 Å². The van der Waals surface area contributed by atoms with E-state index in [1.54, 1.807) is 19.1 Å². The summed E-state index contributed by atoms with van der Waals surface area (Å²) >= 11 is 5.72. The molecule has 1 aromatic heterocycles. The maximum Gasteiger partial charge on any atom is 0.262 e. The minimum absolute atomic E-state index is 0.313. The average Bonchev–Trinajstić information content (AvgIpc) is 2.47. The Balaban J connectivity index is 2.68. The molecule has 1 rings (SSSR count). The van der Waals surface area contributed by atoms with Crippen molar-refractivity contribution in [1.82, 2.24) is 10.3 Å². The maximum atomic E-state index is 12.1. The van der Waals surface area contributed by atoms with E-state index in [0.717, 1.165) is 0 Å². The number of hydrogen-bond acceptors (Lipinski definition) is 4. The number of hydrogen-bond donors (Lipinski definition) is 1. The molecule has 0 bridgehead atoms. The molecule has 1 aromatic rings. The summed E-state index contributed by atoms with van der Waals surface area (Å²) in [6, 6.07) is 5.37. The van der Waals surface area contributed by atoms with Gasteiger partial charge in [-0.3, -0.25) is 4.79 Å². The Morgan fingerprint density at radius 1 is 1.55 bits per heavy atom. The largest absolute Gasteiger partial charge is 0.465 e. The predicted molar refractivity (Wildman–Crippen MR) is 76.4 cm³/mol. The summed E-state index contributed by atoms with van der Waals surface area (Å²) < 4.78 is 5.42. The molecule has 6 heteroatoms. The molecule has 1 atom stereocenters. The zero-order chi connectivity index (χ0) is 15.2. The Morgan fingerprint density at radius 3 is 2.65 bits per heavy atom. The molecule has 1 heterocycles. The van der Waals surface area contributed by atoms with Gasteiger partial charge in [0.15, 0.2) is 6.10 Å². The third-order valence-corrected chi connectivity index (χ3v) is 3.37. The Hall–Kier alpha value is -1.80. The molecule has 1 N–H and O–H groups in total. The number of nitrogens with one attached hydrogen (secondary N) is 1. The molecule has 5 nitrogen and oxygen atoms in total. The minimum atomic E-state index is -0.845. The third-order valence-electron chi connectivity index (χ3n) is 3.15. The quantitative estimate of drug-likeness (QED) is 0.875. The Kier molecular flexibility index (Phi) is 5.78. The first kappa shape index (κ1) is 16.3. The van der Waals surface area contributed by atoms with Crippen LogP contribution in [0, 0.1) is 11.3 Å². The van der Waals surface area contributed by atoms with E-state index >= 15 is 0 Å². The van der Waals surface area contributed by atoms with Crippen molar-refractivity contribution in [2.75, 3.05) is 0 Å². The van der Waals surface area contributed by atoms with Gasteiger partial charge in [-0.15, -0.1) is 0 Å². The van der Waals surface area contributed by atoms with E-state index < -0.39 is 11.6 Å². The Morgan fingerprint density at radius 2 is 2.20 bits per heavy atom. The van der Waals surface area contributed by atoms with Crippen molar-refractivity contribution in [3.05, 3.63) is 23.4 Å². The van der Waals surface area contributed by atoms with E-state index in [4.69, 9.17) is 16.3 Å². The fourth-order valence-corrected chi connectivity index (χ4v) is 1.73. The number of aromatic nitrogens is 1. The average molecular weight is 296 g/mol. The summed E-state index contributed by atoms with van der Waals surface area (Å²) in [6.07, 6.45) is 1.78. The van der Waals surface area contributed by atoms with Crippen LogP contribution in [0.2, 0.25) is 5.02 Å². The van der Waals surface area contributed by atoms with E-state index in [2.05, 4.69) is 16.4 Å². The normalized spacial score (nSPS) is 12.3. The highest BCUT2D eigenvalue weighted by atomic mass is 35.5. The van der Waals surface area contributed by atoms with Crippen LogP contribution in [0.15, 0.2) is 18.3 Å². The predicted octanol–water partition coefficient (Wildman–Crippen LogP) is 2.70. The fourth-order valence-electron chi connectivity index (χ4n) is 1.62. The number of carbonyl (C=O) groups is 1. The molecule has 0 aromatic carbocycles. The second-order valence-corrected chi connectivity index (χ2v) is 4.90. The topological polar surface area (TPSA) is 75.0 Å². The molecule has 0 spiro atoms. The molecule has 1 unspecified atom stereocenters. The zero-order valence-corrected chi connectivity index (χ0v) is 12.6. The summed E-state index contributed by atoms with van der Waals surface area (Å²) in [4.78, 5) is 16.0. The van der Waals surface area contributed by atoms with Crippen LogP contribution in [0.5, 0.6) is 5.88 Å². The first-order valence-corrected chi connectivity index (χ1v) is 6.85. The van der Waals surface area contributed by atoms with Gasteiger partial charge in [0.2, 0.25) is 5.88 Å². The minimum Gasteiger partial charge on any atom is -0.465 e. The number of carbonyl (C=O) groups excluding carboxylic acids is 1. The van der Waals surface area contributed by atoms with E-state index in [-0.39, 0.29) is 5.91 Å². The molecule has 0 aliphatic carbocycles. The second-order valence-electron chi connectivity index (χ2n) is 4.47. The summed E-state index contributed by atoms with van der Waals surface area (Å²) in [6.45, 7) is 5.33. The molecule has 0 fully saturated rings. The zero-order valence-electron chi connectivity index (χ0n) is 11.8. The summed E-state index contributed by atoms with van der Waals surface area (Å²) in [5.74, 6) is -0.0281. The lowest BCUT2D eigenvalue weighted by atomic mass is 9.94. The monoisotopic (exact) mass is 295 g/mol. The van der Waals surface area contributed by atoms with Crippen molar-refractivity contribution < 1.29 is 9.53 Å². The maximum absolute atomic E-state index is 12.1. The van der Waals surface area contributed by atoms with Crippen LogP contribution in [0.1, 0.15) is 33.6 Å². The van der Waals surface area contributed by atoms with E-state index in [9.17, 15) is 10.1 Å². The van der Waals surface area contributed by atoms with E-state index in [1.807, 2.05) is 13.8 Å². The number of amides is 1. The lowest BCUT2D eigenvalue weighted by Gasteiger charge is -2.26. The van der Waals surface area contributed by atoms with Gasteiger partial charge >= 0.3 is 0 Å². The lowest BCUT2D eigenvalue weighted by Crippen LogP contribution is -2.50. The van der Waals surface area contributed by atoms with Crippen LogP contribution >= 0.6 is 11.6 Å². The number of halogens is 1. The number of nitriles is 1. The molecule has 1 amide bonds. The van der Waals surface area contributed by atoms with Gasteiger partial charge in [-0.25, -0.2) is 4.98 Å². The van der Waals surface area contributed by atoms with Crippen LogP contribution < -0.4 is 10.1 Å². The first-order valence-electron chi connectivity index (χ1n) is 6.48. The number of pyridine rings is 1. The van der Waals surface area contributed by atoms with Gasteiger partial charge in [-0.2, -0.15) is 5.26 Å². The SMILES string of the molecule is CCC(C#N)(CC)NC(=O)C(C)Oc1ccc(Cl)cn1. The van der Waals surface area contributed by atoms with Crippen molar-refractivity contribution in [1.29, 1.82) is 5.26 Å². The number of ether oxygens (including phenoxy) is 1. The van der Waals surface area contributed by atoms with Crippen molar-refractivity contribution in [3.63, 3.8) is 0 Å². The fraction of sp³-hybridized carbons (Fsp3) is 0.500. The molecular formula is C14H18ClN3O2. The molecule has 0 aliphatic heterocycles. The Labute approximate surface area is 123 Å². The third kappa shape index (κ3) is 4.10. The molecule has 20 heavy (non-hydrogen) atoms. The van der Waals surface area contributed by atoms with Crippen molar-refractivity contribution >= 4 is 17.5 Å². The summed E-state index contributed by atoms with van der Waals surface area (Å²) in [7, 11) is 0. The van der Waals surface area contributed by atoms with Crippen molar-refractivity contribution in [2.24, 2.45) is 0 Å². The van der Waals surface area contributed by atoms with Gasteiger partial charge in [-0.1, -0.05) is 25.4 Å². The highest BCUT2D eigenvalue weighted by Gasteiger charge is 2.30.